The molecule has 38 heavy (non-hydrogen) atoms. The van der Waals surface area contributed by atoms with Crippen molar-refractivity contribution in [3.8, 4) is 22.8 Å². The van der Waals surface area contributed by atoms with Gasteiger partial charge in [0.15, 0.2) is 0 Å². The Morgan fingerprint density at radius 1 is 1.11 bits per heavy atom. The quantitative estimate of drug-likeness (QED) is 0.387. The summed E-state index contributed by atoms with van der Waals surface area (Å²) in [5.74, 6) is 0.562. The van der Waals surface area contributed by atoms with Crippen LogP contribution in [0.3, 0.4) is 0 Å². The Hall–Kier alpha value is -4.18. The predicted molar refractivity (Wildman–Crippen MR) is 144 cm³/mol. The zero-order valence-corrected chi connectivity index (χ0v) is 22.1. The molecule has 5 rings (SSSR count). The van der Waals surface area contributed by atoms with Crippen molar-refractivity contribution < 1.29 is 27.3 Å². The fourth-order valence-electron chi connectivity index (χ4n) is 4.54. The SMILES string of the molecule is CNC(=O)c1c(-c2ccc(Oc3ccc(F)cc3)cc2)oc2cc3c(cc12)C(C)N(C)C(=O)CN3S(C)=O. The lowest BCUT2D eigenvalue weighted by Gasteiger charge is -2.23. The lowest BCUT2D eigenvalue weighted by atomic mass is 9.99. The molecule has 3 aromatic carbocycles. The van der Waals surface area contributed by atoms with Crippen LogP contribution in [0.1, 0.15) is 28.9 Å². The topological polar surface area (TPSA) is 92.1 Å². The number of benzene rings is 3. The first-order chi connectivity index (χ1) is 18.2. The van der Waals surface area contributed by atoms with Gasteiger partial charge in [-0.25, -0.2) is 8.60 Å². The van der Waals surface area contributed by atoms with Gasteiger partial charge in [-0.2, -0.15) is 0 Å². The summed E-state index contributed by atoms with van der Waals surface area (Å²) in [5, 5.41) is 3.27. The van der Waals surface area contributed by atoms with Crippen molar-refractivity contribution in [2.45, 2.75) is 13.0 Å². The van der Waals surface area contributed by atoms with Crippen molar-refractivity contribution in [2.24, 2.45) is 0 Å². The van der Waals surface area contributed by atoms with Crippen LogP contribution in [0.15, 0.2) is 65.1 Å². The fourth-order valence-corrected chi connectivity index (χ4v) is 5.27. The largest absolute Gasteiger partial charge is 0.457 e. The number of hydrogen-bond acceptors (Lipinski definition) is 5. The Morgan fingerprint density at radius 3 is 2.34 bits per heavy atom. The molecule has 0 bridgehead atoms. The number of hydrogen-bond donors (Lipinski definition) is 1. The molecule has 1 aliphatic rings. The second-order valence-electron chi connectivity index (χ2n) is 9.01. The number of nitrogens with zero attached hydrogens (tertiary/aromatic N) is 2. The number of rotatable bonds is 5. The molecule has 2 heterocycles. The zero-order valence-electron chi connectivity index (χ0n) is 21.3. The highest BCUT2D eigenvalue weighted by molar-refractivity contribution is 7.85. The highest BCUT2D eigenvalue weighted by Gasteiger charge is 2.32. The molecule has 4 aromatic rings. The van der Waals surface area contributed by atoms with Crippen molar-refractivity contribution in [3.63, 3.8) is 0 Å². The number of likely N-dealkylation sites (N-methyl/N-ethyl adjacent to an activating group) is 1. The van der Waals surface area contributed by atoms with Crippen LogP contribution in [0.5, 0.6) is 11.5 Å². The molecule has 0 radical (unpaired) electrons. The van der Waals surface area contributed by atoms with Gasteiger partial charge in [0, 0.05) is 37.4 Å². The molecule has 2 amide bonds. The van der Waals surface area contributed by atoms with Crippen LogP contribution in [0.2, 0.25) is 0 Å². The molecular weight excluding hydrogens is 509 g/mol. The van der Waals surface area contributed by atoms with E-state index < -0.39 is 11.0 Å². The first-order valence-electron chi connectivity index (χ1n) is 11.9. The van der Waals surface area contributed by atoms with Crippen LogP contribution < -0.4 is 14.4 Å². The third-order valence-electron chi connectivity index (χ3n) is 6.74. The summed E-state index contributed by atoms with van der Waals surface area (Å²) < 4.78 is 39.3. The van der Waals surface area contributed by atoms with Gasteiger partial charge >= 0.3 is 0 Å². The maximum atomic E-state index is 13.2. The van der Waals surface area contributed by atoms with Gasteiger partial charge in [-0.15, -0.1) is 0 Å². The van der Waals surface area contributed by atoms with Gasteiger partial charge in [-0.3, -0.25) is 13.9 Å². The molecule has 196 valence electrons. The van der Waals surface area contributed by atoms with Gasteiger partial charge in [0.05, 0.1) is 17.3 Å². The molecule has 0 fully saturated rings. The van der Waals surface area contributed by atoms with E-state index in [4.69, 9.17) is 9.15 Å². The van der Waals surface area contributed by atoms with Gasteiger partial charge in [0.2, 0.25) is 5.91 Å². The molecule has 0 spiro atoms. The Bertz CT molecular complexity index is 1570. The first kappa shape index (κ1) is 25.5. The van der Waals surface area contributed by atoms with E-state index in [1.54, 1.807) is 53.6 Å². The Balaban J connectivity index is 1.62. The van der Waals surface area contributed by atoms with E-state index in [1.807, 2.05) is 13.0 Å². The highest BCUT2D eigenvalue weighted by atomic mass is 32.2. The predicted octanol–water partition coefficient (Wildman–Crippen LogP) is 5.02. The summed E-state index contributed by atoms with van der Waals surface area (Å²) in [7, 11) is 1.80. The second kappa shape index (κ2) is 9.94. The molecule has 0 saturated heterocycles. The smallest absolute Gasteiger partial charge is 0.255 e. The Kier molecular flexibility index (Phi) is 6.66. The summed E-state index contributed by atoms with van der Waals surface area (Å²) in [4.78, 5) is 27.4. The van der Waals surface area contributed by atoms with Gasteiger partial charge in [0.1, 0.15) is 46.2 Å². The third-order valence-corrected chi connectivity index (χ3v) is 7.69. The molecule has 1 N–H and O–H groups in total. The van der Waals surface area contributed by atoms with Gasteiger partial charge in [-0.1, -0.05) is 0 Å². The number of nitrogens with one attached hydrogen (secondary N) is 1. The fraction of sp³-hybridized carbons (Fsp3) is 0.214. The van der Waals surface area contributed by atoms with E-state index in [-0.39, 0.29) is 30.2 Å². The Labute approximate surface area is 221 Å². The van der Waals surface area contributed by atoms with Gasteiger partial charge in [0.25, 0.3) is 5.91 Å². The number of furan rings is 1. The van der Waals surface area contributed by atoms with Crippen molar-refractivity contribution in [1.82, 2.24) is 10.2 Å². The maximum absolute atomic E-state index is 13.2. The normalized spacial score (nSPS) is 16.2. The molecule has 10 heteroatoms. The average molecular weight is 536 g/mol. The lowest BCUT2D eigenvalue weighted by Crippen LogP contribution is -2.36. The molecule has 8 nitrogen and oxygen atoms in total. The van der Waals surface area contributed by atoms with Crippen LogP contribution in [0, 0.1) is 5.82 Å². The first-order valence-corrected chi connectivity index (χ1v) is 13.4. The summed E-state index contributed by atoms with van der Waals surface area (Å²) in [6, 6.07) is 16.0. The van der Waals surface area contributed by atoms with Crippen molar-refractivity contribution in [1.29, 1.82) is 0 Å². The number of anilines is 1. The van der Waals surface area contributed by atoms with Crippen LogP contribution in [0.25, 0.3) is 22.3 Å². The zero-order chi connectivity index (χ0) is 27.1. The van der Waals surface area contributed by atoms with Gasteiger partial charge < -0.3 is 19.4 Å². The second-order valence-corrected chi connectivity index (χ2v) is 10.3. The summed E-state index contributed by atoms with van der Waals surface area (Å²) in [6.45, 7) is 1.86. The molecule has 2 atom stereocenters. The number of fused-ring (bicyclic) bond motifs is 2. The van der Waals surface area contributed by atoms with Crippen molar-refractivity contribution in [3.05, 3.63) is 77.6 Å². The maximum Gasteiger partial charge on any atom is 0.255 e. The number of ether oxygens (including phenoxy) is 1. The molecule has 1 aliphatic heterocycles. The summed E-state index contributed by atoms with van der Waals surface area (Å²) >= 11 is 0. The minimum atomic E-state index is -1.45. The van der Waals surface area contributed by atoms with Crippen LogP contribution >= 0.6 is 0 Å². The van der Waals surface area contributed by atoms with E-state index in [9.17, 15) is 18.2 Å². The molecule has 0 saturated carbocycles. The standard InChI is InChI=1S/C28H26FN3O5S/c1-16-21-13-22-24(14-23(21)32(38(4)35)15-25(33)31(16)3)37-27(26(22)28(34)30-2)17-5-9-19(10-6-17)36-20-11-7-18(29)8-12-20/h5-14,16H,15H2,1-4H3,(H,30,34). The van der Waals surface area contributed by atoms with Gasteiger partial charge in [-0.05, 0) is 67.1 Å². The van der Waals surface area contributed by atoms with Crippen molar-refractivity contribution >= 4 is 39.5 Å². The Morgan fingerprint density at radius 2 is 1.74 bits per heavy atom. The summed E-state index contributed by atoms with van der Waals surface area (Å²) in [6.07, 6.45) is 1.52. The lowest BCUT2D eigenvalue weighted by molar-refractivity contribution is -0.129. The number of halogens is 1. The third kappa shape index (κ3) is 4.51. The highest BCUT2D eigenvalue weighted by Crippen LogP contribution is 2.41. The number of carbonyl (C=O) groups is 2. The van der Waals surface area contributed by atoms with E-state index in [0.717, 1.165) is 5.56 Å². The van der Waals surface area contributed by atoms with Crippen molar-refractivity contribution in [2.75, 3.05) is 31.2 Å². The van der Waals surface area contributed by atoms with E-state index in [2.05, 4.69) is 5.32 Å². The molecule has 2 unspecified atom stereocenters. The molecular formula is C28H26FN3O5S. The van der Waals surface area contributed by atoms with E-state index >= 15 is 0 Å². The monoisotopic (exact) mass is 535 g/mol. The summed E-state index contributed by atoms with van der Waals surface area (Å²) in [5.41, 5.74) is 2.82. The van der Waals surface area contributed by atoms with Crippen LogP contribution in [-0.4, -0.2) is 47.8 Å². The molecule has 1 aromatic heterocycles. The van der Waals surface area contributed by atoms with E-state index in [1.165, 1.54) is 30.5 Å². The molecule has 0 aliphatic carbocycles. The number of amides is 2. The minimum Gasteiger partial charge on any atom is -0.457 e. The van der Waals surface area contributed by atoms with E-state index in [0.29, 0.717) is 45.0 Å². The minimum absolute atomic E-state index is 0.0339. The number of carbonyl (C=O) groups excluding carboxylic acids is 2. The average Bonchev–Trinajstić information content (AvgIpc) is 3.25. The van der Waals surface area contributed by atoms with Crippen LogP contribution in [0.4, 0.5) is 10.1 Å². The van der Waals surface area contributed by atoms with Crippen LogP contribution in [-0.2, 0) is 15.8 Å².